The molecule has 1 amide bonds. The van der Waals surface area contributed by atoms with E-state index in [1.165, 1.54) is 4.90 Å². The molecular weight excluding hydrogens is 264 g/mol. The number of nitrogens with two attached hydrogens (primary N) is 1. The molecule has 1 aliphatic heterocycles. The first-order chi connectivity index (χ1) is 7.98. The first kappa shape index (κ1) is 12.4. The van der Waals surface area contributed by atoms with E-state index in [-0.39, 0.29) is 18.1 Å². The summed E-state index contributed by atoms with van der Waals surface area (Å²) in [6, 6.07) is 0. The van der Waals surface area contributed by atoms with Crippen LogP contribution in [0, 0.1) is 0 Å². The smallest absolute Gasteiger partial charge is 0.275 e. The third kappa shape index (κ3) is 2.79. The van der Waals surface area contributed by atoms with Gasteiger partial charge in [0, 0.05) is 18.5 Å². The summed E-state index contributed by atoms with van der Waals surface area (Å²) in [4.78, 5) is 13.4. The minimum absolute atomic E-state index is 0.134. The lowest BCUT2D eigenvalue weighted by atomic mass is 10.1. The van der Waals surface area contributed by atoms with Gasteiger partial charge in [-0.15, -0.1) is 5.10 Å². The predicted octanol–water partition coefficient (Wildman–Crippen LogP) is -0.569. The Morgan fingerprint density at radius 3 is 2.94 bits per heavy atom. The number of carbonyl (C=O) groups is 1. The standard InChI is InChI=1S/C8H12N4O3S2/c9-17(14,15)6-2-1-3-12(4-6)8(13)7-5-16-11-10-7/h5-6H,1-4H2,(H2,9,14,15). The summed E-state index contributed by atoms with van der Waals surface area (Å²) in [5.74, 6) is -0.285. The van der Waals surface area contributed by atoms with Crippen molar-refractivity contribution >= 4 is 27.5 Å². The number of rotatable bonds is 2. The second-order valence-electron chi connectivity index (χ2n) is 3.89. The lowest BCUT2D eigenvalue weighted by Gasteiger charge is -2.30. The molecule has 0 saturated carbocycles. The molecule has 2 rings (SSSR count). The Morgan fingerprint density at radius 2 is 2.35 bits per heavy atom. The SMILES string of the molecule is NS(=O)(=O)C1CCCN(C(=O)c2csnn2)C1. The molecule has 94 valence electrons. The Balaban J connectivity index is 2.10. The van der Waals surface area contributed by atoms with E-state index in [1.54, 1.807) is 5.38 Å². The zero-order valence-corrected chi connectivity index (χ0v) is 10.6. The fourth-order valence-corrected chi connectivity index (χ4v) is 3.12. The van der Waals surface area contributed by atoms with Gasteiger partial charge in [0.1, 0.15) is 0 Å². The van der Waals surface area contributed by atoms with Crippen LogP contribution in [0.1, 0.15) is 23.3 Å². The van der Waals surface area contributed by atoms with Crippen LogP contribution in [0.3, 0.4) is 0 Å². The van der Waals surface area contributed by atoms with Crippen LogP contribution in [-0.4, -0.2) is 47.2 Å². The summed E-state index contributed by atoms with van der Waals surface area (Å²) in [6.07, 6.45) is 1.13. The van der Waals surface area contributed by atoms with Crippen molar-refractivity contribution in [3.05, 3.63) is 11.1 Å². The summed E-state index contributed by atoms with van der Waals surface area (Å²) in [5, 5.41) is 9.65. The second-order valence-corrected chi connectivity index (χ2v) is 6.35. The van der Waals surface area contributed by atoms with E-state index >= 15 is 0 Å². The number of primary sulfonamides is 1. The maximum atomic E-state index is 11.9. The molecule has 1 aliphatic rings. The highest BCUT2D eigenvalue weighted by Gasteiger charge is 2.31. The summed E-state index contributed by atoms with van der Waals surface area (Å²) < 4.78 is 26.1. The van der Waals surface area contributed by atoms with E-state index < -0.39 is 15.3 Å². The molecule has 1 saturated heterocycles. The molecule has 1 aromatic rings. The fraction of sp³-hybridized carbons (Fsp3) is 0.625. The summed E-state index contributed by atoms with van der Waals surface area (Å²) in [7, 11) is -3.59. The molecule has 7 nitrogen and oxygen atoms in total. The van der Waals surface area contributed by atoms with Crippen molar-refractivity contribution < 1.29 is 13.2 Å². The van der Waals surface area contributed by atoms with Crippen molar-refractivity contribution in [1.29, 1.82) is 0 Å². The molecule has 0 aromatic carbocycles. The number of piperidine rings is 1. The van der Waals surface area contributed by atoms with Crippen LogP contribution in [0.25, 0.3) is 0 Å². The molecule has 17 heavy (non-hydrogen) atoms. The summed E-state index contributed by atoms with van der Waals surface area (Å²) in [5.41, 5.74) is 0.255. The molecular formula is C8H12N4O3S2. The number of hydrogen-bond acceptors (Lipinski definition) is 6. The summed E-state index contributed by atoms with van der Waals surface area (Å²) in [6.45, 7) is 0.664. The lowest BCUT2D eigenvalue weighted by Crippen LogP contribution is -2.47. The highest BCUT2D eigenvalue weighted by Crippen LogP contribution is 2.17. The minimum atomic E-state index is -3.59. The number of amides is 1. The number of nitrogens with zero attached hydrogens (tertiary/aromatic N) is 3. The molecule has 2 N–H and O–H groups in total. The lowest BCUT2D eigenvalue weighted by molar-refractivity contribution is 0.0721. The van der Waals surface area contributed by atoms with Gasteiger partial charge in [0.15, 0.2) is 5.69 Å². The summed E-state index contributed by atoms with van der Waals surface area (Å²) >= 11 is 1.09. The van der Waals surface area contributed by atoms with E-state index in [1.807, 2.05) is 0 Å². The molecule has 1 aromatic heterocycles. The van der Waals surface area contributed by atoms with Gasteiger partial charge >= 0.3 is 0 Å². The van der Waals surface area contributed by atoms with E-state index in [2.05, 4.69) is 9.59 Å². The van der Waals surface area contributed by atoms with E-state index in [9.17, 15) is 13.2 Å². The van der Waals surface area contributed by atoms with Crippen molar-refractivity contribution in [3.8, 4) is 0 Å². The Bertz CT molecular complexity index is 499. The van der Waals surface area contributed by atoms with Gasteiger partial charge in [-0.3, -0.25) is 4.79 Å². The zero-order chi connectivity index (χ0) is 12.5. The van der Waals surface area contributed by atoms with Crippen molar-refractivity contribution in [2.24, 2.45) is 5.14 Å². The van der Waals surface area contributed by atoms with E-state index in [0.29, 0.717) is 19.4 Å². The Kier molecular flexibility index (Phi) is 3.40. The van der Waals surface area contributed by atoms with Gasteiger partial charge in [-0.2, -0.15) is 0 Å². The van der Waals surface area contributed by atoms with E-state index in [0.717, 1.165) is 11.5 Å². The Labute approximate surface area is 103 Å². The van der Waals surface area contributed by atoms with Gasteiger partial charge in [0.05, 0.1) is 5.25 Å². The maximum Gasteiger partial charge on any atom is 0.275 e. The van der Waals surface area contributed by atoms with Crippen LogP contribution in [0.15, 0.2) is 5.38 Å². The van der Waals surface area contributed by atoms with Gasteiger partial charge in [-0.25, -0.2) is 13.6 Å². The second kappa shape index (κ2) is 4.67. The third-order valence-corrected chi connectivity index (χ3v) is 4.53. The van der Waals surface area contributed by atoms with Gasteiger partial charge in [-0.05, 0) is 24.4 Å². The molecule has 0 aliphatic carbocycles. The predicted molar refractivity (Wildman–Crippen MR) is 61.9 cm³/mol. The van der Waals surface area contributed by atoms with Crippen molar-refractivity contribution in [3.63, 3.8) is 0 Å². The van der Waals surface area contributed by atoms with Crippen LogP contribution in [0.5, 0.6) is 0 Å². The molecule has 1 unspecified atom stereocenters. The average molecular weight is 276 g/mol. The number of aromatic nitrogens is 2. The topological polar surface area (TPSA) is 106 Å². The molecule has 0 spiro atoms. The quantitative estimate of drug-likeness (QED) is 0.778. The molecule has 1 atom stereocenters. The van der Waals surface area contributed by atoms with Crippen LogP contribution < -0.4 is 5.14 Å². The van der Waals surface area contributed by atoms with Crippen LogP contribution in [0.4, 0.5) is 0 Å². The average Bonchev–Trinajstić information content (AvgIpc) is 2.80. The normalized spacial score (nSPS) is 21.5. The molecule has 1 fully saturated rings. The first-order valence-electron chi connectivity index (χ1n) is 5.06. The molecule has 9 heteroatoms. The molecule has 0 radical (unpaired) electrons. The zero-order valence-electron chi connectivity index (χ0n) is 8.94. The van der Waals surface area contributed by atoms with Gasteiger partial charge < -0.3 is 4.90 Å². The monoisotopic (exact) mass is 276 g/mol. The molecule has 2 heterocycles. The first-order valence-corrected chi connectivity index (χ1v) is 7.51. The number of carbonyl (C=O) groups excluding carboxylic acids is 1. The Morgan fingerprint density at radius 1 is 1.59 bits per heavy atom. The Hall–Kier alpha value is -1.06. The molecule has 0 bridgehead atoms. The van der Waals surface area contributed by atoms with Crippen LogP contribution in [-0.2, 0) is 10.0 Å². The van der Waals surface area contributed by atoms with Crippen molar-refractivity contribution in [1.82, 2.24) is 14.5 Å². The largest absolute Gasteiger partial charge is 0.336 e. The van der Waals surface area contributed by atoms with Crippen LogP contribution in [0.2, 0.25) is 0 Å². The van der Waals surface area contributed by atoms with E-state index in [4.69, 9.17) is 5.14 Å². The number of hydrogen-bond donors (Lipinski definition) is 1. The van der Waals surface area contributed by atoms with Gasteiger partial charge in [0.25, 0.3) is 5.91 Å². The highest BCUT2D eigenvalue weighted by atomic mass is 32.2. The maximum absolute atomic E-state index is 11.9. The van der Waals surface area contributed by atoms with Crippen molar-refractivity contribution in [2.75, 3.05) is 13.1 Å². The fourth-order valence-electron chi connectivity index (χ4n) is 1.81. The van der Waals surface area contributed by atoms with Gasteiger partial charge in [0.2, 0.25) is 10.0 Å². The third-order valence-electron chi connectivity index (χ3n) is 2.71. The van der Waals surface area contributed by atoms with Crippen molar-refractivity contribution in [2.45, 2.75) is 18.1 Å². The minimum Gasteiger partial charge on any atom is -0.336 e. The number of sulfonamides is 1. The highest BCUT2D eigenvalue weighted by molar-refractivity contribution is 7.89. The van der Waals surface area contributed by atoms with Crippen LogP contribution >= 0.6 is 11.5 Å². The number of likely N-dealkylation sites (tertiary alicyclic amines) is 1. The van der Waals surface area contributed by atoms with Gasteiger partial charge in [-0.1, -0.05) is 4.49 Å².